The monoisotopic (exact) mass is 382 g/mol. The van der Waals surface area contributed by atoms with Gasteiger partial charge in [0.1, 0.15) is 5.78 Å². The Morgan fingerprint density at radius 3 is 1.46 bits per heavy atom. The highest BCUT2D eigenvalue weighted by molar-refractivity contribution is 5.86. The van der Waals surface area contributed by atoms with E-state index < -0.39 is 0 Å². The molecule has 0 spiro atoms. The van der Waals surface area contributed by atoms with Crippen molar-refractivity contribution in [1.29, 1.82) is 0 Å². The molecule has 3 aliphatic rings. The average Bonchev–Trinajstić information content (AvgIpc) is 2.96. The molecule has 1 saturated carbocycles. The minimum absolute atomic E-state index is 0. The van der Waals surface area contributed by atoms with E-state index in [9.17, 15) is 4.79 Å². The molecule has 142 valence electrons. The Bertz CT molecular complexity index is 354. The second kappa shape index (κ2) is 10.3. The predicted molar refractivity (Wildman–Crippen MR) is 99.4 cm³/mol. The van der Waals surface area contributed by atoms with E-state index in [4.69, 9.17) is 9.47 Å². The van der Waals surface area contributed by atoms with Crippen molar-refractivity contribution in [3.8, 4) is 0 Å². The minimum atomic E-state index is 0. The molecule has 4 atom stereocenters. The summed E-state index contributed by atoms with van der Waals surface area (Å²) in [5, 5.41) is 0. The molecular formula is C17H32Cl2N2O3. The Balaban J connectivity index is 0.00000144. The van der Waals surface area contributed by atoms with Gasteiger partial charge in [0.15, 0.2) is 0 Å². The molecule has 4 unspecified atom stereocenters. The molecule has 0 aromatic carbocycles. The third kappa shape index (κ3) is 4.83. The standard InChI is InChI=1S/C17H30N2O3.2ClH/c1-13(18-5-9-21-10-6-18)15-3-4-16(17(15)20)14(2)19-7-11-22-12-8-19;;/h13-16H,3-12H2,1-2H3;2*1H. The van der Waals surface area contributed by atoms with Crippen LogP contribution in [0.4, 0.5) is 0 Å². The number of hydrogen-bond donors (Lipinski definition) is 0. The van der Waals surface area contributed by atoms with Crippen LogP contribution < -0.4 is 0 Å². The van der Waals surface area contributed by atoms with Gasteiger partial charge in [-0.05, 0) is 26.7 Å². The maximum absolute atomic E-state index is 13.0. The number of carbonyl (C=O) groups excluding carboxylic acids is 1. The number of ketones is 1. The summed E-state index contributed by atoms with van der Waals surface area (Å²) in [6.07, 6.45) is 2.10. The van der Waals surface area contributed by atoms with Crippen molar-refractivity contribution in [2.45, 2.75) is 38.8 Å². The molecule has 24 heavy (non-hydrogen) atoms. The van der Waals surface area contributed by atoms with Crippen LogP contribution in [0.25, 0.3) is 0 Å². The van der Waals surface area contributed by atoms with Crippen LogP contribution in [-0.2, 0) is 14.3 Å². The van der Waals surface area contributed by atoms with Crippen LogP contribution in [0, 0.1) is 11.8 Å². The maximum atomic E-state index is 13.0. The van der Waals surface area contributed by atoms with E-state index in [1.165, 1.54) is 0 Å². The molecule has 0 aromatic heterocycles. The summed E-state index contributed by atoms with van der Waals surface area (Å²) in [5.41, 5.74) is 0. The quantitative estimate of drug-likeness (QED) is 0.742. The van der Waals surface area contributed by atoms with E-state index in [-0.39, 0.29) is 36.6 Å². The zero-order valence-corrected chi connectivity index (χ0v) is 16.4. The number of rotatable bonds is 4. The van der Waals surface area contributed by atoms with Crippen molar-refractivity contribution < 1.29 is 14.3 Å². The lowest BCUT2D eigenvalue weighted by Gasteiger charge is -2.37. The first-order valence-electron chi connectivity index (χ1n) is 8.86. The van der Waals surface area contributed by atoms with Crippen molar-refractivity contribution in [2.24, 2.45) is 11.8 Å². The predicted octanol–water partition coefficient (Wildman–Crippen LogP) is 1.87. The van der Waals surface area contributed by atoms with Crippen molar-refractivity contribution in [3.63, 3.8) is 0 Å². The maximum Gasteiger partial charge on any atom is 0.142 e. The highest BCUT2D eigenvalue weighted by Crippen LogP contribution is 2.35. The largest absolute Gasteiger partial charge is 0.379 e. The molecule has 0 amide bonds. The number of morpholine rings is 2. The molecule has 0 radical (unpaired) electrons. The fraction of sp³-hybridized carbons (Fsp3) is 0.941. The summed E-state index contributed by atoms with van der Waals surface area (Å²) in [6, 6.07) is 0.719. The molecule has 7 heteroatoms. The van der Waals surface area contributed by atoms with Gasteiger partial charge in [-0.3, -0.25) is 14.6 Å². The molecular weight excluding hydrogens is 351 g/mol. The summed E-state index contributed by atoms with van der Waals surface area (Å²) in [4.78, 5) is 17.8. The molecule has 2 heterocycles. The van der Waals surface area contributed by atoms with Crippen LogP contribution in [0.1, 0.15) is 26.7 Å². The van der Waals surface area contributed by atoms with E-state index in [0.717, 1.165) is 65.4 Å². The second-order valence-corrected chi connectivity index (χ2v) is 6.97. The molecule has 5 nitrogen and oxygen atoms in total. The van der Waals surface area contributed by atoms with Crippen molar-refractivity contribution in [3.05, 3.63) is 0 Å². The topological polar surface area (TPSA) is 42.0 Å². The second-order valence-electron chi connectivity index (χ2n) is 6.97. The fourth-order valence-electron chi connectivity index (χ4n) is 4.35. The van der Waals surface area contributed by atoms with Crippen molar-refractivity contribution in [2.75, 3.05) is 52.6 Å². The van der Waals surface area contributed by atoms with Gasteiger partial charge in [0.2, 0.25) is 0 Å². The third-order valence-electron chi connectivity index (χ3n) is 5.93. The Kier molecular flexibility index (Phi) is 9.49. The van der Waals surface area contributed by atoms with Crippen LogP contribution in [0.2, 0.25) is 0 Å². The molecule has 3 fully saturated rings. The van der Waals surface area contributed by atoms with Crippen LogP contribution >= 0.6 is 24.8 Å². The van der Waals surface area contributed by atoms with Crippen LogP contribution in [0.15, 0.2) is 0 Å². The lowest BCUT2D eigenvalue weighted by atomic mass is 9.91. The molecule has 0 N–H and O–H groups in total. The van der Waals surface area contributed by atoms with E-state index in [2.05, 4.69) is 23.6 Å². The summed E-state index contributed by atoms with van der Waals surface area (Å²) < 4.78 is 10.9. The van der Waals surface area contributed by atoms with Gasteiger partial charge in [0, 0.05) is 50.1 Å². The van der Waals surface area contributed by atoms with Gasteiger partial charge in [0.05, 0.1) is 26.4 Å². The van der Waals surface area contributed by atoms with Gasteiger partial charge in [-0.25, -0.2) is 0 Å². The smallest absolute Gasteiger partial charge is 0.142 e. The molecule has 2 saturated heterocycles. The van der Waals surface area contributed by atoms with Crippen LogP contribution in [-0.4, -0.2) is 80.3 Å². The molecule has 1 aliphatic carbocycles. The Labute approximate surface area is 158 Å². The SMILES string of the molecule is CC(C1CCC(C(C)N2CCOCC2)C1=O)N1CCOCC1.Cl.Cl. The lowest BCUT2D eigenvalue weighted by Crippen LogP contribution is -2.49. The number of carbonyl (C=O) groups is 1. The number of ether oxygens (including phenoxy) is 2. The Hall–Kier alpha value is 0.0900. The van der Waals surface area contributed by atoms with E-state index in [1.807, 2.05) is 0 Å². The van der Waals surface area contributed by atoms with Gasteiger partial charge in [-0.2, -0.15) is 0 Å². The Morgan fingerprint density at radius 1 is 0.792 bits per heavy atom. The van der Waals surface area contributed by atoms with Gasteiger partial charge < -0.3 is 9.47 Å². The first-order valence-corrected chi connectivity index (χ1v) is 8.86. The number of nitrogens with zero attached hydrogens (tertiary/aromatic N) is 2. The normalized spacial score (nSPS) is 31.8. The van der Waals surface area contributed by atoms with Crippen LogP contribution in [0.3, 0.4) is 0 Å². The fourth-order valence-corrected chi connectivity index (χ4v) is 4.35. The zero-order valence-electron chi connectivity index (χ0n) is 14.8. The molecule has 3 rings (SSSR count). The highest BCUT2D eigenvalue weighted by atomic mass is 35.5. The average molecular weight is 383 g/mol. The van der Waals surface area contributed by atoms with Gasteiger partial charge in [-0.1, -0.05) is 0 Å². The van der Waals surface area contributed by atoms with Gasteiger partial charge in [-0.15, -0.1) is 24.8 Å². The third-order valence-corrected chi connectivity index (χ3v) is 5.93. The van der Waals surface area contributed by atoms with E-state index >= 15 is 0 Å². The summed E-state index contributed by atoms with van der Waals surface area (Å²) in [7, 11) is 0. The number of hydrogen-bond acceptors (Lipinski definition) is 5. The first kappa shape index (κ1) is 22.1. The minimum Gasteiger partial charge on any atom is -0.379 e. The van der Waals surface area contributed by atoms with Gasteiger partial charge in [0.25, 0.3) is 0 Å². The van der Waals surface area contributed by atoms with E-state index in [0.29, 0.717) is 17.9 Å². The van der Waals surface area contributed by atoms with Gasteiger partial charge >= 0.3 is 0 Å². The first-order chi connectivity index (χ1) is 10.7. The van der Waals surface area contributed by atoms with Crippen molar-refractivity contribution >= 4 is 30.6 Å². The van der Waals surface area contributed by atoms with E-state index in [1.54, 1.807) is 0 Å². The zero-order chi connectivity index (χ0) is 15.5. The summed E-state index contributed by atoms with van der Waals surface area (Å²) in [5.74, 6) is 0.927. The molecule has 2 aliphatic heterocycles. The number of Topliss-reactive ketones (excluding diaryl/α,β-unsaturated/α-hetero) is 1. The summed E-state index contributed by atoms with van der Waals surface area (Å²) >= 11 is 0. The van der Waals surface area contributed by atoms with Crippen LogP contribution in [0.5, 0.6) is 0 Å². The van der Waals surface area contributed by atoms with Crippen molar-refractivity contribution in [1.82, 2.24) is 9.80 Å². The molecule has 0 aromatic rings. The Morgan fingerprint density at radius 2 is 1.12 bits per heavy atom. The number of halogens is 2. The highest BCUT2D eigenvalue weighted by Gasteiger charge is 2.43. The molecule has 0 bridgehead atoms. The lowest BCUT2D eigenvalue weighted by molar-refractivity contribution is -0.128. The summed E-state index contributed by atoms with van der Waals surface area (Å²) in [6.45, 7) is 11.5.